The lowest BCUT2D eigenvalue weighted by molar-refractivity contribution is 0.288. The molecule has 170 valence electrons. The molecule has 32 heavy (non-hydrogen) atoms. The van der Waals surface area contributed by atoms with E-state index in [9.17, 15) is 0 Å². The summed E-state index contributed by atoms with van der Waals surface area (Å²) < 4.78 is 0. The first-order valence-corrected chi connectivity index (χ1v) is 13.7. The highest BCUT2D eigenvalue weighted by Crippen LogP contribution is 2.48. The predicted octanol–water partition coefficient (Wildman–Crippen LogP) is 7.74. The van der Waals surface area contributed by atoms with E-state index in [2.05, 4.69) is 59.8 Å². The molecule has 5 rings (SSSR count). The van der Waals surface area contributed by atoms with Gasteiger partial charge in [0.2, 0.25) is 0 Å². The molecule has 3 aliphatic carbocycles. The Balaban J connectivity index is 1.39. The van der Waals surface area contributed by atoms with E-state index in [-0.39, 0.29) is 0 Å². The predicted molar refractivity (Wildman–Crippen MR) is 141 cm³/mol. The Morgan fingerprint density at radius 1 is 0.625 bits per heavy atom. The van der Waals surface area contributed by atoms with Crippen molar-refractivity contribution in [3.8, 4) is 11.1 Å². The Labute approximate surface area is 198 Å². The molecule has 1 heteroatoms. The second kappa shape index (κ2) is 9.04. The second-order valence-electron chi connectivity index (χ2n) is 12.0. The maximum absolute atomic E-state index is 2.48. The van der Waals surface area contributed by atoms with Crippen LogP contribution in [0, 0.1) is 37.5 Å². The quantitative estimate of drug-likeness (QED) is 0.439. The first kappa shape index (κ1) is 22.3. The van der Waals surface area contributed by atoms with Gasteiger partial charge in [-0.15, -0.1) is 0 Å². The molecular weight excluding hydrogens is 383 g/mol. The average Bonchev–Trinajstić information content (AvgIpc) is 3.08. The van der Waals surface area contributed by atoms with Crippen LogP contribution in [-0.2, 0) is 12.8 Å². The number of fused-ring (bicyclic) bond motifs is 3. The second-order valence-corrected chi connectivity index (χ2v) is 12.0. The summed E-state index contributed by atoms with van der Waals surface area (Å²) in [6.07, 6.45) is 14.0. The van der Waals surface area contributed by atoms with Crippen molar-refractivity contribution in [3.63, 3.8) is 0 Å². The third kappa shape index (κ3) is 4.10. The summed E-state index contributed by atoms with van der Waals surface area (Å²) in [7, 11) is 2.48. The van der Waals surface area contributed by atoms with E-state index in [4.69, 9.17) is 0 Å². The minimum Gasteiger partial charge on any atom is -0.0625 e. The molecule has 0 radical (unpaired) electrons. The Hall–Kier alpha value is -1.50. The molecule has 0 nitrogen and oxygen atoms in total. The van der Waals surface area contributed by atoms with Gasteiger partial charge in [-0.2, -0.15) is 0 Å². The van der Waals surface area contributed by atoms with Gasteiger partial charge < -0.3 is 0 Å². The lowest BCUT2D eigenvalue weighted by Crippen LogP contribution is -2.15. The normalized spacial score (nSPS) is 29.6. The van der Waals surface area contributed by atoms with Crippen LogP contribution < -0.4 is 0 Å². The zero-order valence-corrected chi connectivity index (χ0v) is 21.3. The number of rotatable bonds is 4. The largest absolute Gasteiger partial charge is 0.116 e. The van der Waals surface area contributed by atoms with Crippen LogP contribution in [0.5, 0.6) is 0 Å². The maximum atomic E-state index is 2.48. The molecule has 0 amide bonds. The van der Waals surface area contributed by atoms with E-state index < -0.39 is 0 Å². The van der Waals surface area contributed by atoms with Gasteiger partial charge in [-0.05, 0) is 126 Å². The van der Waals surface area contributed by atoms with Crippen molar-refractivity contribution in [3.05, 3.63) is 57.6 Å². The molecule has 0 aliphatic heterocycles. The molecule has 2 aromatic carbocycles. The van der Waals surface area contributed by atoms with Crippen LogP contribution in [0.1, 0.15) is 104 Å². The van der Waals surface area contributed by atoms with Crippen molar-refractivity contribution < 1.29 is 0 Å². The summed E-state index contributed by atoms with van der Waals surface area (Å²) in [6, 6.07) is 9.88. The van der Waals surface area contributed by atoms with Gasteiger partial charge >= 0.3 is 0 Å². The molecule has 0 unspecified atom stereocenters. The molecule has 2 aromatic rings. The van der Waals surface area contributed by atoms with Gasteiger partial charge in [-0.3, -0.25) is 0 Å². The van der Waals surface area contributed by atoms with Gasteiger partial charge in [0.1, 0.15) is 7.85 Å². The van der Waals surface area contributed by atoms with Crippen molar-refractivity contribution in [2.24, 2.45) is 23.7 Å². The van der Waals surface area contributed by atoms with Crippen molar-refractivity contribution in [2.75, 3.05) is 0 Å². The van der Waals surface area contributed by atoms with Gasteiger partial charge in [-0.25, -0.2) is 0 Å². The number of benzene rings is 2. The molecule has 2 saturated carbocycles. The van der Waals surface area contributed by atoms with Crippen LogP contribution in [0.3, 0.4) is 0 Å². The molecule has 0 spiro atoms. The first-order valence-electron chi connectivity index (χ1n) is 13.7. The number of hydrogen-bond donors (Lipinski definition) is 0. The minimum atomic E-state index is 0.539. The molecule has 0 bridgehead atoms. The molecule has 0 aromatic heterocycles. The Bertz CT molecular complexity index is 891. The third-order valence-corrected chi connectivity index (χ3v) is 9.70. The SMILES string of the molecule is BC1c2c(ccc(CC3CCC(C)CC3)c2C)-c2ccc(CC3CCC(C)CC3)c(C)c21. The Kier molecular flexibility index (Phi) is 6.30. The molecule has 0 saturated heterocycles. The third-order valence-electron chi connectivity index (χ3n) is 9.70. The molecule has 2 fully saturated rings. The molecular formula is C31H43B. The summed E-state index contributed by atoms with van der Waals surface area (Å²) in [5.74, 6) is 4.21. The smallest absolute Gasteiger partial charge is 0.0625 e. The fraction of sp³-hybridized carbons (Fsp3) is 0.613. The lowest BCUT2D eigenvalue weighted by atomic mass is 9.73. The van der Waals surface area contributed by atoms with E-state index in [0.717, 1.165) is 23.7 Å². The van der Waals surface area contributed by atoms with Gasteiger partial charge in [0, 0.05) is 0 Å². The van der Waals surface area contributed by atoms with Crippen molar-refractivity contribution in [1.29, 1.82) is 0 Å². The fourth-order valence-corrected chi connectivity index (χ4v) is 7.41. The maximum Gasteiger partial charge on any atom is 0.116 e. The van der Waals surface area contributed by atoms with E-state index in [1.54, 1.807) is 33.4 Å². The van der Waals surface area contributed by atoms with Crippen molar-refractivity contribution in [1.82, 2.24) is 0 Å². The van der Waals surface area contributed by atoms with Crippen LogP contribution in [0.2, 0.25) is 0 Å². The monoisotopic (exact) mass is 426 g/mol. The van der Waals surface area contributed by atoms with Gasteiger partial charge in [0.15, 0.2) is 0 Å². The molecule has 0 N–H and O–H groups in total. The highest BCUT2D eigenvalue weighted by molar-refractivity contribution is 6.18. The van der Waals surface area contributed by atoms with Crippen molar-refractivity contribution in [2.45, 2.75) is 97.7 Å². The van der Waals surface area contributed by atoms with E-state index in [0.29, 0.717) is 5.82 Å². The molecule has 0 heterocycles. The Morgan fingerprint density at radius 3 is 1.38 bits per heavy atom. The zero-order valence-electron chi connectivity index (χ0n) is 21.3. The van der Waals surface area contributed by atoms with E-state index in [1.165, 1.54) is 75.3 Å². The molecule has 3 aliphatic rings. The summed E-state index contributed by atoms with van der Waals surface area (Å²) in [5, 5.41) is 0. The zero-order chi connectivity index (χ0) is 22.4. The number of hydrogen-bond acceptors (Lipinski definition) is 0. The lowest BCUT2D eigenvalue weighted by Gasteiger charge is -2.27. The fourth-order valence-electron chi connectivity index (χ4n) is 7.41. The average molecular weight is 426 g/mol. The van der Waals surface area contributed by atoms with Gasteiger partial charge in [0.05, 0.1) is 0 Å². The van der Waals surface area contributed by atoms with E-state index in [1.807, 2.05) is 0 Å². The van der Waals surface area contributed by atoms with Gasteiger partial charge in [-0.1, -0.05) is 63.8 Å². The summed E-state index contributed by atoms with van der Waals surface area (Å²) in [5.41, 5.74) is 12.7. The van der Waals surface area contributed by atoms with Crippen molar-refractivity contribution >= 4 is 7.85 Å². The van der Waals surface area contributed by atoms with Gasteiger partial charge in [0.25, 0.3) is 0 Å². The topological polar surface area (TPSA) is 0 Å². The van der Waals surface area contributed by atoms with Crippen LogP contribution in [0.25, 0.3) is 11.1 Å². The van der Waals surface area contributed by atoms with Crippen LogP contribution in [0.4, 0.5) is 0 Å². The minimum absolute atomic E-state index is 0.539. The standard InChI is InChI=1S/C31H43B/c1-19-5-9-23(10-6-19)17-25-13-15-27-28-16-14-26(18-24-11-7-20(2)8-12-24)22(4)30(28)31(32)29(27)21(25)3/h13-16,19-20,23-24,31H,5-12,17-18,32H2,1-4H3. The summed E-state index contributed by atoms with van der Waals surface area (Å²) in [4.78, 5) is 0. The Morgan fingerprint density at radius 2 is 1.00 bits per heavy atom. The van der Waals surface area contributed by atoms with Crippen LogP contribution in [-0.4, -0.2) is 7.85 Å². The highest BCUT2D eigenvalue weighted by Gasteiger charge is 2.31. The summed E-state index contributed by atoms with van der Waals surface area (Å²) in [6.45, 7) is 9.70. The molecule has 0 atom stereocenters. The van der Waals surface area contributed by atoms with Crippen LogP contribution in [0.15, 0.2) is 24.3 Å². The van der Waals surface area contributed by atoms with E-state index >= 15 is 0 Å². The summed E-state index contributed by atoms with van der Waals surface area (Å²) >= 11 is 0. The van der Waals surface area contributed by atoms with Crippen LogP contribution >= 0.6 is 0 Å². The highest BCUT2D eigenvalue weighted by atomic mass is 14.3. The first-order chi connectivity index (χ1) is 15.4.